The van der Waals surface area contributed by atoms with Crippen LogP contribution in [0.1, 0.15) is 0 Å². The van der Waals surface area contributed by atoms with Crippen LogP contribution in [0.25, 0.3) is 0 Å². The van der Waals surface area contributed by atoms with Crippen molar-refractivity contribution in [3.8, 4) is 0 Å². The molecule has 0 saturated heterocycles. The highest BCUT2D eigenvalue weighted by Crippen LogP contribution is 2.00. The first-order valence-corrected chi connectivity index (χ1v) is 2.65. The van der Waals surface area contributed by atoms with Gasteiger partial charge < -0.3 is 4.57 Å². The average Bonchev–Trinajstić information content (AvgIpc) is 1.91. The number of nitrogens with zero attached hydrogens (tertiary/aromatic N) is 2. The maximum Gasteiger partial charge on any atom is 0.177 e. The Morgan fingerprint density at radius 2 is 2.71 bits per heavy atom. The molecule has 0 saturated carbocycles. The highest BCUT2D eigenvalue weighted by Gasteiger charge is 1.87. The van der Waals surface area contributed by atoms with Gasteiger partial charge in [0.15, 0.2) is 4.73 Å². The molecule has 0 amide bonds. The lowest BCUT2D eigenvalue weighted by atomic mass is 10.9. The number of hydrogen-bond donors (Lipinski definition) is 0. The van der Waals surface area contributed by atoms with Crippen molar-refractivity contribution < 1.29 is 0 Å². The lowest BCUT2D eigenvalue weighted by Crippen LogP contribution is -1.82. The van der Waals surface area contributed by atoms with Crippen molar-refractivity contribution in [1.29, 1.82) is 0 Å². The fourth-order valence-corrected chi connectivity index (χ4v) is 0.513. The average molecular weight is 160 g/mol. The van der Waals surface area contributed by atoms with Crippen molar-refractivity contribution in [1.82, 2.24) is 9.55 Å². The third-order valence-electron chi connectivity index (χ3n) is 0.699. The Balaban J connectivity index is 3.12. The van der Waals surface area contributed by atoms with Crippen molar-refractivity contribution >= 4 is 15.9 Å². The van der Waals surface area contributed by atoms with Gasteiger partial charge in [0.25, 0.3) is 0 Å². The number of rotatable bonds is 0. The van der Waals surface area contributed by atoms with Gasteiger partial charge in [-0.3, -0.25) is 0 Å². The van der Waals surface area contributed by atoms with Crippen molar-refractivity contribution in [2.24, 2.45) is 7.05 Å². The molecule has 1 aromatic heterocycles. The highest BCUT2D eigenvalue weighted by atomic mass is 79.9. The Morgan fingerprint density at radius 3 is 2.86 bits per heavy atom. The summed E-state index contributed by atoms with van der Waals surface area (Å²) >= 11 is 3.19. The van der Waals surface area contributed by atoms with Crippen molar-refractivity contribution in [2.75, 3.05) is 0 Å². The van der Waals surface area contributed by atoms with Crippen molar-refractivity contribution in [3.63, 3.8) is 0 Å². The molecule has 1 aromatic rings. The standard InChI is InChI=1S/C4H4BrN2/c1-7-3-2-6-4(7)5/h2H,1H3. The van der Waals surface area contributed by atoms with E-state index in [9.17, 15) is 0 Å². The molecule has 0 aliphatic carbocycles. The summed E-state index contributed by atoms with van der Waals surface area (Å²) in [6, 6.07) is 0. The van der Waals surface area contributed by atoms with Crippen molar-refractivity contribution in [3.05, 3.63) is 17.1 Å². The molecule has 0 unspecified atom stereocenters. The largest absolute Gasteiger partial charge is 0.320 e. The summed E-state index contributed by atoms with van der Waals surface area (Å²) in [5.41, 5.74) is 0. The van der Waals surface area contributed by atoms with Gasteiger partial charge in [-0.2, -0.15) is 0 Å². The zero-order valence-electron chi connectivity index (χ0n) is 3.85. The van der Waals surface area contributed by atoms with E-state index in [2.05, 4.69) is 27.1 Å². The van der Waals surface area contributed by atoms with Gasteiger partial charge in [0, 0.05) is 7.05 Å². The summed E-state index contributed by atoms with van der Waals surface area (Å²) < 4.78 is 2.58. The van der Waals surface area contributed by atoms with Crippen LogP contribution in [0.5, 0.6) is 0 Å². The maximum atomic E-state index is 3.84. The molecule has 0 fully saturated rings. The second kappa shape index (κ2) is 1.66. The van der Waals surface area contributed by atoms with Gasteiger partial charge in [-0.25, -0.2) is 4.98 Å². The summed E-state index contributed by atoms with van der Waals surface area (Å²) in [7, 11) is 1.87. The van der Waals surface area contributed by atoms with Gasteiger partial charge in [0.2, 0.25) is 0 Å². The predicted molar refractivity (Wildman–Crippen MR) is 29.7 cm³/mol. The second-order valence-electron chi connectivity index (χ2n) is 1.22. The monoisotopic (exact) mass is 159 g/mol. The third kappa shape index (κ3) is 0.825. The van der Waals surface area contributed by atoms with Gasteiger partial charge in [0.1, 0.15) is 0 Å². The zero-order valence-corrected chi connectivity index (χ0v) is 5.44. The van der Waals surface area contributed by atoms with E-state index >= 15 is 0 Å². The fraction of sp³-hybridized carbons (Fsp3) is 0.250. The van der Waals surface area contributed by atoms with Crippen LogP contribution < -0.4 is 0 Å². The Kier molecular flexibility index (Phi) is 1.15. The smallest absolute Gasteiger partial charge is 0.177 e. The van der Waals surface area contributed by atoms with E-state index in [1.54, 1.807) is 10.8 Å². The molecule has 7 heavy (non-hydrogen) atoms. The summed E-state index contributed by atoms with van der Waals surface area (Å²) in [6.07, 6.45) is 4.44. The SMILES string of the molecule is Cn1[c]cnc1Br. The second-order valence-corrected chi connectivity index (χ2v) is 1.92. The highest BCUT2D eigenvalue weighted by molar-refractivity contribution is 9.10. The minimum absolute atomic E-state index is 0.813. The van der Waals surface area contributed by atoms with Crippen LogP contribution in [-0.4, -0.2) is 9.55 Å². The Bertz CT molecular complexity index is 142. The summed E-state index contributed by atoms with van der Waals surface area (Å²) in [6.45, 7) is 0. The molecule has 2 nitrogen and oxygen atoms in total. The number of halogens is 1. The topological polar surface area (TPSA) is 17.8 Å². The molecule has 0 atom stereocenters. The van der Waals surface area contributed by atoms with Gasteiger partial charge >= 0.3 is 0 Å². The van der Waals surface area contributed by atoms with Gasteiger partial charge in [-0.05, 0) is 15.9 Å². The van der Waals surface area contributed by atoms with Gasteiger partial charge in [-0.15, -0.1) is 0 Å². The Hall–Kier alpha value is -0.310. The number of imidazole rings is 1. The van der Waals surface area contributed by atoms with Gasteiger partial charge in [-0.1, -0.05) is 0 Å². The summed E-state index contributed by atoms with van der Waals surface area (Å²) in [5, 5.41) is 0. The Labute approximate surface area is 50.3 Å². The molecule has 1 heterocycles. The van der Waals surface area contributed by atoms with Crippen LogP contribution in [0.2, 0.25) is 0 Å². The molecule has 37 valence electrons. The van der Waals surface area contributed by atoms with E-state index in [1.807, 2.05) is 7.05 Å². The van der Waals surface area contributed by atoms with Crippen LogP contribution >= 0.6 is 15.9 Å². The van der Waals surface area contributed by atoms with Gasteiger partial charge in [0.05, 0.1) is 12.4 Å². The molecule has 0 aromatic carbocycles. The lowest BCUT2D eigenvalue weighted by molar-refractivity contribution is 0.874. The minimum Gasteiger partial charge on any atom is -0.320 e. The van der Waals surface area contributed by atoms with E-state index in [4.69, 9.17) is 0 Å². The summed E-state index contributed by atoms with van der Waals surface area (Å²) in [4.78, 5) is 3.84. The molecule has 0 aliphatic heterocycles. The van der Waals surface area contributed by atoms with Crippen LogP contribution in [0.4, 0.5) is 0 Å². The number of aryl methyl sites for hydroxylation is 1. The normalized spacial score (nSPS) is 9.43. The van der Waals surface area contributed by atoms with Crippen LogP contribution in [0, 0.1) is 6.20 Å². The molecule has 0 aliphatic rings. The molecule has 1 rings (SSSR count). The van der Waals surface area contributed by atoms with Crippen LogP contribution in [0.15, 0.2) is 10.9 Å². The van der Waals surface area contributed by atoms with E-state index in [0.29, 0.717) is 0 Å². The predicted octanol–water partition coefficient (Wildman–Crippen LogP) is 0.983. The molecule has 1 radical (unpaired) electrons. The van der Waals surface area contributed by atoms with Crippen LogP contribution in [0.3, 0.4) is 0 Å². The lowest BCUT2D eigenvalue weighted by Gasteiger charge is -1.84. The molecular weight excluding hydrogens is 156 g/mol. The van der Waals surface area contributed by atoms with E-state index in [-0.39, 0.29) is 0 Å². The first-order chi connectivity index (χ1) is 3.30. The first-order valence-electron chi connectivity index (χ1n) is 1.85. The molecular formula is C4H4BrN2. The van der Waals surface area contributed by atoms with Crippen LogP contribution in [-0.2, 0) is 7.05 Å². The van der Waals surface area contributed by atoms with Crippen molar-refractivity contribution in [2.45, 2.75) is 0 Å². The minimum atomic E-state index is 0.813. The quantitative estimate of drug-likeness (QED) is 0.553. The fourth-order valence-electron chi connectivity index (χ4n) is 0.309. The van der Waals surface area contributed by atoms with E-state index in [0.717, 1.165) is 4.73 Å². The third-order valence-corrected chi connectivity index (χ3v) is 1.44. The molecule has 0 spiro atoms. The molecule has 3 heteroatoms. The summed E-state index contributed by atoms with van der Waals surface area (Å²) in [5.74, 6) is 0. The van der Waals surface area contributed by atoms with E-state index < -0.39 is 0 Å². The zero-order chi connectivity index (χ0) is 5.28. The first kappa shape index (κ1) is 4.84. The van der Waals surface area contributed by atoms with E-state index in [1.165, 1.54) is 0 Å². The Morgan fingerprint density at radius 1 is 2.00 bits per heavy atom. The molecule has 0 bridgehead atoms. The number of hydrogen-bond acceptors (Lipinski definition) is 1. The maximum absolute atomic E-state index is 3.84. The number of aromatic nitrogens is 2. The molecule has 0 N–H and O–H groups in total.